The van der Waals surface area contributed by atoms with Crippen LogP contribution in [0.4, 0.5) is 0 Å². The van der Waals surface area contributed by atoms with Gasteiger partial charge in [0.25, 0.3) is 0 Å². The molecule has 1 aromatic carbocycles. The van der Waals surface area contributed by atoms with Crippen LogP contribution in [0.1, 0.15) is 12.8 Å². The van der Waals surface area contributed by atoms with E-state index in [1.165, 1.54) is 6.07 Å². The number of aromatic amines is 1. The summed E-state index contributed by atoms with van der Waals surface area (Å²) in [6, 6.07) is 1.43. The van der Waals surface area contributed by atoms with E-state index in [1.807, 2.05) is 0 Å². The number of nitrogens with two attached hydrogens (primary N) is 1. The molecule has 0 saturated heterocycles. The molecule has 0 atom stereocenters. The number of hydrogen-bond acceptors (Lipinski definition) is 5. The largest absolute Gasteiger partial charge is 0.417 e. The number of rotatable bonds is 6. The molecule has 1 heterocycles. The van der Waals surface area contributed by atoms with Crippen LogP contribution in [-0.2, 0) is 10.0 Å². The predicted octanol–water partition coefficient (Wildman–Crippen LogP) is 1.55. The van der Waals surface area contributed by atoms with Gasteiger partial charge in [0.1, 0.15) is 9.92 Å². The first-order valence-corrected chi connectivity index (χ1v) is 8.73. The average Bonchev–Trinajstić information content (AvgIpc) is 2.75. The van der Waals surface area contributed by atoms with E-state index in [1.54, 1.807) is 0 Å². The summed E-state index contributed by atoms with van der Waals surface area (Å²) in [7, 11) is -3.83. The van der Waals surface area contributed by atoms with Crippen LogP contribution in [0.2, 0.25) is 5.02 Å². The fraction of sp³-hybridized carbons (Fsp3) is 0.364. The number of H-pyrrole nitrogens is 1. The minimum Gasteiger partial charge on any atom is -0.406 e. The van der Waals surface area contributed by atoms with E-state index >= 15 is 0 Å². The van der Waals surface area contributed by atoms with Gasteiger partial charge in [-0.25, -0.2) is 17.9 Å². The molecular formula is C11H13BrClN3O4S. The number of oxazole rings is 1. The van der Waals surface area contributed by atoms with Crippen molar-refractivity contribution in [3.05, 3.63) is 26.1 Å². The highest BCUT2D eigenvalue weighted by molar-refractivity contribution is 9.10. The quantitative estimate of drug-likeness (QED) is 0.638. The first kappa shape index (κ1) is 16.5. The second-order valence-corrected chi connectivity index (χ2v) is 7.22. The van der Waals surface area contributed by atoms with Gasteiger partial charge in [0.2, 0.25) is 10.0 Å². The van der Waals surface area contributed by atoms with Crippen LogP contribution in [0.15, 0.2) is 24.6 Å². The van der Waals surface area contributed by atoms with Crippen molar-refractivity contribution in [2.24, 2.45) is 5.73 Å². The summed E-state index contributed by atoms with van der Waals surface area (Å²) in [5.74, 6) is -0.704. The molecule has 0 saturated carbocycles. The van der Waals surface area contributed by atoms with Gasteiger partial charge in [-0.3, -0.25) is 4.98 Å². The molecule has 0 amide bonds. The van der Waals surface area contributed by atoms with Crippen molar-refractivity contribution < 1.29 is 12.8 Å². The molecule has 0 bridgehead atoms. The minimum atomic E-state index is -3.83. The Morgan fingerprint density at radius 2 is 2.14 bits per heavy atom. The lowest BCUT2D eigenvalue weighted by Crippen LogP contribution is -2.26. The molecule has 0 radical (unpaired) electrons. The van der Waals surface area contributed by atoms with Gasteiger partial charge < -0.3 is 10.2 Å². The fourth-order valence-electron chi connectivity index (χ4n) is 1.80. The van der Waals surface area contributed by atoms with E-state index in [0.29, 0.717) is 24.9 Å². The Hall–Kier alpha value is -0.870. The third-order valence-corrected chi connectivity index (χ3v) is 5.66. The molecule has 21 heavy (non-hydrogen) atoms. The van der Waals surface area contributed by atoms with Crippen molar-refractivity contribution in [2.45, 2.75) is 17.7 Å². The molecular weight excluding hydrogens is 386 g/mol. The highest BCUT2D eigenvalue weighted by atomic mass is 79.9. The van der Waals surface area contributed by atoms with Crippen LogP contribution in [0.3, 0.4) is 0 Å². The van der Waals surface area contributed by atoms with Crippen LogP contribution in [-0.4, -0.2) is 26.5 Å². The number of benzene rings is 1. The summed E-state index contributed by atoms with van der Waals surface area (Å²) in [5.41, 5.74) is 5.68. The number of aromatic nitrogens is 1. The Morgan fingerprint density at radius 3 is 2.81 bits per heavy atom. The standard InChI is InChI=1S/C11H13BrClN3O4S/c12-6-5-7-9(20-11(17)16-7)8(13)10(6)21(18,19)15-4-2-1-3-14/h5,15H,1-4,14H2,(H,16,17). The van der Waals surface area contributed by atoms with Crippen LogP contribution >= 0.6 is 27.5 Å². The predicted molar refractivity (Wildman–Crippen MR) is 83.0 cm³/mol. The monoisotopic (exact) mass is 397 g/mol. The molecule has 7 nitrogen and oxygen atoms in total. The van der Waals surface area contributed by atoms with Gasteiger partial charge in [0.15, 0.2) is 5.58 Å². The van der Waals surface area contributed by atoms with Gasteiger partial charge in [-0.15, -0.1) is 0 Å². The first-order chi connectivity index (χ1) is 9.86. The van der Waals surface area contributed by atoms with E-state index in [2.05, 4.69) is 25.6 Å². The van der Waals surface area contributed by atoms with Crippen molar-refractivity contribution in [2.75, 3.05) is 13.1 Å². The van der Waals surface area contributed by atoms with Crippen LogP contribution in [0.25, 0.3) is 11.1 Å². The Morgan fingerprint density at radius 1 is 1.43 bits per heavy atom. The lowest BCUT2D eigenvalue weighted by atomic mass is 10.3. The van der Waals surface area contributed by atoms with Crippen molar-refractivity contribution in [1.82, 2.24) is 9.71 Å². The molecule has 116 valence electrons. The molecule has 0 unspecified atom stereocenters. The second-order valence-electron chi connectivity index (χ2n) is 4.29. The van der Waals surface area contributed by atoms with Crippen LogP contribution in [0.5, 0.6) is 0 Å². The van der Waals surface area contributed by atoms with E-state index in [0.717, 1.165) is 0 Å². The van der Waals surface area contributed by atoms with E-state index in [-0.39, 0.29) is 26.5 Å². The topological polar surface area (TPSA) is 118 Å². The molecule has 0 spiro atoms. The van der Waals surface area contributed by atoms with Gasteiger partial charge >= 0.3 is 5.76 Å². The first-order valence-electron chi connectivity index (χ1n) is 6.07. The van der Waals surface area contributed by atoms with Gasteiger partial charge in [0, 0.05) is 11.0 Å². The molecule has 10 heteroatoms. The zero-order chi connectivity index (χ0) is 15.6. The molecule has 0 aliphatic rings. The third kappa shape index (κ3) is 3.49. The number of halogens is 2. The lowest BCUT2D eigenvalue weighted by molar-refractivity contribution is 0.553. The number of hydrogen-bond donors (Lipinski definition) is 3. The Bertz CT molecular complexity index is 815. The molecule has 0 fully saturated rings. The van der Waals surface area contributed by atoms with Gasteiger partial charge in [-0.2, -0.15) is 0 Å². The fourth-order valence-corrected chi connectivity index (χ4v) is 4.73. The van der Waals surface area contributed by atoms with Crippen LogP contribution in [0, 0.1) is 0 Å². The maximum atomic E-state index is 12.3. The Balaban J connectivity index is 2.43. The van der Waals surface area contributed by atoms with Crippen molar-refractivity contribution in [3.63, 3.8) is 0 Å². The smallest absolute Gasteiger partial charge is 0.406 e. The van der Waals surface area contributed by atoms with Crippen molar-refractivity contribution in [1.29, 1.82) is 0 Å². The highest BCUT2D eigenvalue weighted by Crippen LogP contribution is 2.35. The number of unbranched alkanes of at least 4 members (excludes halogenated alkanes) is 1. The summed E-state index contributed by atoms with van der Waals surface area (Å²) in [6.07, 6.45) is 1.33. The molecule has 4 N–H and O–H groups in total. The summed E-state index contributed by atoms with van der Waals surface area (Å²) >= 11 is 9.21. The lowest BCUT2D eigenvalue weighted by Gasteiger charge is -2.10. The molecule has 2 rings (SSSR count). The van der Waals surface area contributed by atoms with Gasteiger partial charge in [-0.05, 0) is 41.4 Å². The Labute approximate surface area is 134 Å². The van der Waals surface area contributed by atoms with Crippen molar-refractivity contribution in [3.8, 4) is 0 Å². The summed E-state index contributed by atoms with van der Waals surface area (Å²) in [6.45, 7) is 0.740. The zero-order valence-electron chi connectivity index (χ0n) is 10.8. The zero-order valence-corrected chi connectivity index (χ0v) is 13.9. The summed E-state index contributed by atoms with van der Waals surface area (Å²) < 4.78 is 32.1. The SMILES string of the molecule is NCCCCNS(=O)(=O)c1c(Br)cc2[nH]c(=O)oc2c1Cl. The normalized spacial score (nSPS) is 12.1. The number of nitrogens with one attached hydrogen (secondary N) is 2. The average molecular weight is 399 g/mol. The molecule has 1 aromatic heterocycles. The summed E-state index contributed by atoms with van der Waals surface area (Å²) in [4.78, 5) is 13.4. The maximum absolute atomic E-state index is 12.3. The Kier molecular flexibility index (Phi) is 5.10. The van der Waals surface area contributed by atoms with E-state index < -0.39 is 15.8 Å². The van der Waals surface area contributed by atoms with E-state index in [4.69, 9.17) is 21.8 Å². The molecule has 2 aromatic rings. The van der Waals surface area contributed by atoms with Gasteiger partial charge in [-0.1, -0.05) is 11.6 Å². The second kappa shape index (κ2) is 6.49. The van der Waals surface area contributed by atoms with Gasteiger partial charge in [0.05, 0.1) is 5.52 Å². The van der Waals surface area contributed by atoms with Crippen LogP contribution < -0.4 is 16.2 Å². The summed E-state index contributed by atoms with van der Waals surface area (Å²) in [5, 5.41) is -0.149. The minimum absolute atomic E-state index is 0.00667. The maximum Gasteiger partial charge on any atom is 0.417 e. The van der Waals surface area contributed by atoms with E-state index in [9.17, 15) is 13.2 Å². The number of fused-ring (bicyclic) bond motifs is 1. The third-order valence-electron chi connectivity index (χ3n) is 2.75. The highest BCUT2D eigenvalue weighted by Gasteiger charge is 2.25. The van der Waals surface area contributed by atoms with Crippen molar-refractivity contribution >= 4 is 48.7 Å². The number of sulfonamides is 1. The molecule has 0 aliphatic heterocycles. The molecule has 0 aliphatic carbocycles.